The van der Waals surface area contributed by atoms with E-state index in [1.165, 1.54) is 37.3 Å². The number of fused-ring (bicyclic) bond motifs is 3. The van der Waals surface area contributed by atoms with Crippen molar-refractivity contribution in [2.24, 2.45) is 0 Å². The van der Waals surface area contributed by atoms with E-state index in [0.717, 1.165) is 46.3 Å². The molecule has 1 saturated heterocycles. The molecule has 0 saturated carbocycles. The van der Waals surface area contributed by atoms with E-state index in [2.05, 4.69) is 20.4 Å². The Morgan fingerprint density at radius 1 is 1.10 bits per heavy atom. The van der Waals surface area contributed by atoms with Crippen molar-refractivity contribution in [1.82, 2.24) is 15.1 Å². The largest absolute Gasteiger partial charge is 0.493 e. The van der Waals surface area contributed by atoms with Crippen molar-refractivity contribution < 1.29 is 22.6 Å². The van der Waals surface area contributed by atoms with Gasteiger partial charge in [-0.2, -0.15) is 5.10 Å². The molecule has 3 aromatic carbocycles. The molecule has 0 amide bonds. The smallest absolute Gasteiger partial charge is 0.169 e. The molecule has 6 rings (SSSR count). The van der Waals surface area contributed by atoms with Gasteiger partial charge in [0.2, 0.25) is 0 Å². The van der Waals surface area contributed by atoms with Crippen LogP contribution in [-0.2, 0) is 5.67 Å². The number of aromatic nitrogens is 2. The minimum absolute atomic E-state index is 0.241. The third kappa shape index (κ3) is 5.34. The Kier molecular flexibility index (Phi) is 7.29. The summed E-state index contributed by atoms with van der Waals surface area (Å²) in [5, 5.41) is 12.4. The maximum absolute atomic E-state index is 15.4. The number of anilines is 1. The standard InChI is InChI=1S/C31H31F3N4O2S/c1-31(2,34)24-13-18(33)5-7-21(24)30-28(22-8-9-25-23(15-35-37-25)29(22)41-30)40-26-10-6-19(14-27(26)39-3)36-20-16-38(17-20)12-4-11-32/h5-10,13-15,20,36H,4,11-12,16-17H2,1-3H3,(H,35,37). The van der Waals surface area contributed by atoms with Crippen LogP contribution in [0, 0.1) is 5.82 Å². The van der Waals surface area contributed by atoms with Crippen LogP contribution in [0.25, 0.3) is 31.4 Å². The lowest BCUT2D eigenvalue weighted by Gasteiger charge is -2.40. The number of aromatic amines is 1. The number of thiophene rings is 1. The third-order valence-electron chi connectivity index (χ3n) is 7.41. The highest BCUT2D eigenvalue weighted by Crippen LogP contribution is 2.51. The van der Waals surface area contributed by atoms with Crippen molar-refractivity contribution in [3.63, 3.8) is 0 Å². The molecule has 0 aliphatic carbocycles. The lowest BCUT2D eigenvalue weighted by atomic mass is 9.93. The van der Waals surface area contributed by atoms with Gasteiger partial charge in [0.15, 0.2) is 17.2 Å². The number of likely N-dealkylation sites (tertiary alicyclic amines) is 1. The van der Waals surface area contributed by atoms with Crippen molar-refractivity contribution in [3.05, 3.63) is 66.1 Å². The van der Waals surface area contributed by atoms with E-state index in [-0.39, 0.29) is 18.3 Å². The maximum Gasteiger partial charge on any atom is 0.169 e. The Labute approximate surface area is 240 Å². The topological polar surface area (TPSA) is 62.4 Å². The molecular weight excluding hydrogens is 549 g/mol. The highest BCUT2D eigenvalue weighted by Gasteiger charge is 2.29. The summed E-state index contributed by atoms with van der Waals surface area (Å²) in [6.45, 7) is 5.03. The number of benzene rings is 3. The average molecular weight is 581 g/mol. The van der Waals surface area contributed by atoms with Gasteiger partial charge in [-0.05, 0) is 56.7 Å². The quantitative estimate of drug-likeness (QED) is 0.175. The zero-order valence-electron chi connectivity index (χ0n) is 23.1. The van der Waals surface area contributed by atoms with Gasteiger partial charge >= 0.3 is 0 Å². The molecule has 0 atom stereocenters. The number of ether oxygens (including phenoxy) is 2. The van der Waals surface area contributed by atoms with Gasteiger partial charge in [0, 0.05) is 58.0 Å². The molecule has 6 nitrogen and oxygen atoms in total. The average Bonchev–Trinajstić information content (AvgIpc) is 3.55. The van der Waals surface area contributed by atoms with E-state index in [0.29, 0.717) is 34.1 Å². The summed E-state index contributed by atoms with van der Waals surface area (Å²) in [5.74, 6) is 1.06. The second kappa shape index (κ2) is 10.9. The summed E-state index contributed by atoms with van der Waals surface area (Å²) in [4.78, 5) is 2.90. The predicted octanol–water partition coefficient (Wildman–Crippen LogP) is 8.04. The van der Waals surface area contributed by atoms with Gasteiger partial charge in [-0.3, -0.25) is 14.4 Å². The first kappa shape index (κ1) is 27.4. The van der Waals surface area contributed by atoms with Gasteiger partial charge < -0.3 is 14.8 Å². The Morgan fingerprint density at radius 2 is 1.93 bits per heavy atom. The van der Waals surface area contributed by atoms with Crippen LogP contribution in [0.15, 0.2) is 54.7 Å². The van der Waals surface area contributed by atoms with Crippen LogP contribution < -0.4 is 14.8 Å². The van der Waals surface area contributed by atoms with Crippen molar-refractivity contribution >= 4 is 38.0 Å². The molecule has 3 heterocycles. The Balaban J connectivity index is 1.39. The van der Waals surface area contributed by atoms with E-state index >= 15 is 4.39 Å². The Hall–Kier alpha value is -3.76. The predicted molar refractivity (Wildman–Crippen MR) is 159 cm³/mol. The van der Waals surface area contributed by atoms with Crippen molar-refractivity contribution in [2.75, 3.05) is 38.7 Å². The molecule has 1 aliphatic heterocycles. The molecule has 1 aliphatic rings. The first-order chi connectivity index (χ1) is 19.7. The molecule has 0 spiro atoms. The van der Waals surface area contributed by atoms with Crippen molar-refractivity contribution in [2.45, 2.75) is 32.0 Å². The molecule has 214 valence electrons. The van der Waals surface area contributed by atoms with Crippen LogP contribution in [-0.4, -0.2) is 54.6 Å². The molecule has 10 heteroatoms. The number of H-pyrrole nitrogens is 1. The summed E-state index contributed by atoms with van der Waals surface area (Å²) in [5.41, 5.74) is 0.773. The summed E-state index contributed by atoms with van der Waals surface area (Å²) in [6.07, 6.45) is 2.31. The lowest BCUT2D eigenvalue weighted by Crippen LogP contribution is -2.54. The molecule has 1 fully saturated rings. The van der Waals surface area contributed by atoms with Gasteiger partial charge in [0.1, 0.15) is 11.5 Å². The van der Waals surface area contributed by atoms with E-state index in [4.69, 9.17) is 9.47 Å². The molecular formula is C31H31F3N4O2S. The maximum atomic E-state index is 15.4. The first-order valence-electron chi connectivity index (χ1n) is 13.5. The van der Waals surface area contributed by atoms with Crippen molar-refractivity contribution in [1.29, 1.82) is 0 Å². The van der Waals surface area contributed by atoms with Crippen LogP contribution in [0.1, 0.15) is 25.8 Å². The second-order valence-corrected chi connectivity index (χ2v) is 11.8. The molecule has 2 N–H and O–H groups in total. The van der Waals surface area contributed by atoms with Crippen LogP contribution >= 0.6 is 11.3 Å². The highest BCUT2D eigenvalue weighted by atomic mass is 32.1. The van der Waals surface area contributed by atoms with Crippen molar-refractivity contribution in [3.8, 4) is 27.7 Å². The third-order valence-corrected chi connectivity index (χ3v) is 8.66. The summed E-state index contributed by atoms with van der Waals surface area (Å²) >= 11 is 1.45. The minimum Gasteiger partial charge on any atom is -0.493 e. The van der Waals surface area contributed by atoms with Gasteiger partial charge in [-0.25, -0.2) is 8.78 Å². The summed E-state index contributed by atoms with van der Waals surface area (Å²) in [6, 6.07) is 14.0. The lowest BCUT2D eigenvalue weighted by molar-refractivity contribution is 0.155. The number of methoxy groups -OCH3 is 1. The monoisotopic (exact) mass is 580 g/mol. The number of nitrogens with zero attached hydrogens (tertiary/aromatic N) is 2. The zero-order chi connectivity index (χ0) is 28.7. The minimum atomic E-state index is -1.79. The number of halogens is 3. The van der Waals surface area contributed by atoms with Gasteiger partial charge in [0.05, 0.1) is 36.4 Å². The Bertz CT molecular complexity index is 1710. The number of nitrogens with one attached hydrogen (secondary N) is 2. The van der Waals surface area contributed by atoms with E-state index in [9.17, 15) is 8.78 Å². The number of rotatable bonds is 10. The molecule has 41 heavy (non-hydrogen) atoms. The molecule has 0 bridgehead atoms. The van der Waals surface area contributed by atoms with E-state index in [1.807, 2.05) is 30.3 Å². The van der Waals surface area contributed by atoms with Gasteiger partial charge in [-0.15, -0.1) is 11.3 Å². The molecule has 5 aromatic rings. The van der Waals surface area contributed by atoms with Crippen LogP contribution in [0.4, 0.5) is 18.9 Å². The fraction of sp³-hybridized carbons (Fsp3) is 0.323. The summed E-state index contributed by atoms with van der Waals surface area (Å²) in [7, 11) is 1.58. The highest BCUT2D eigenvalue weighted by molar-refractivity contribution is 7.23. The SMILES string of the molecule is COc1cc(NC2CN(CCCF)C2)ccc1Oc1c(-c2ccc(F)cc2C(C)(C)F)sc2c1ccc1[nH]ncc12. The fourth-order valence-corrected chi connectivity index (χ4v) is 6.63. The molecule has 0 unspecified atom stereocenters. The fourth-order valence-electron chi connectivity index (χ4n) is 5.35. The zero-order valence-corrected chi connectivity index (χ0v) is 23.9. The van der Waals surface area contributed by atoms with Crippen LogP contribution in [0.3, 0.4) is 0 Å². The number of alkyl halides is 2. The van der Waals surface area contributed by atoms with Crippen LogP contribution in [0.5, 0.6) is 17.2 Å². The number of hydrogen-bond acceptors (Lipinski definition) is 6. The first-order valence-corrected chi connectivity index (χ1v) is 14.4. The van der Waals surface area contributed by atoms with Crippen LogP contribution in [0.2, 0.25) is 0 Å². The molecule has 2 aromatic heterocycles. The van der Waals surface area contributed by atoms with Gasteiger partial charge in [-0.1, -0.05) is 6.07 Å². The second-order valence-electron chi connectivity index (χ2n) is 10.8. The number of hydrogen-bond donors (Lipinski definition) is 2. The molecule has 0 radical (unpaired) electrons. The van der Waals surface area contributed by atoms with E-state index in [1.54, 1.807) is 19.4 Å². The van der Waals surface area contributed by atoms with Gasteiger partial charge in [0.25, 0.3) is 0 Å². The summed E-state index contributed by atoms with van der Waals surface area (Å²) < 4.78 is 55.4. The normalized spacial score (nSPS) is 14.5. The Morgan fingerprint density at radius 3 is 2.68 bits per heavy atom. The van der Waals surface area contributed by atoms with E-state index < -0.39 is 11.5 Å².